The van der Waals surface area contributed by atoms with Crippen LogP contribution in [0.4, 0.5) is 0 Å². The van der Waals surface area contributed by atoms with E-state index in [0.717, 1.165) is 13.0 Å². The van der Waals surface area contributed by atoms with Gasteiger partial charge in [-0.05, 0) is 19.3 Å². The minimum atomic E-state index is -0.935. The van der Waals surface area contributed by atoms with Crippen LogP contribution in [0, 0.1) is 5.92 Å². The highest BCUT2D eigenvalue weighted by Crippen LogP contribution is 2.14. The Morgan fingerprint density at radius 2 is 2.20 bits per heavy atom. The van der Waals surface area contributed by atoms with E-state index in [9.17, 15) is 9.59 Å². The lowest BCUT2D eigenvalue weighted by molar-refractivity contribution is -0.132. The largest absolute Gasteiger partial charge is 0.478 e. The maximum atomic E-state index is 10.6. The zero-order chi connectivity index (χ0) is 11.8. The van der Waals surface area contributed by atoms with E-state index in [1.54, 1.807) is 0 Å². The molecule has 4 heteroatoms. The van der Waals surface area contributed by atoms with Crippen LogP contribution in [0.3, 0.4) is 0 Å². The van der Waals surface area contributed by atoms with Gasteiger partial charge in [0, 0.05) is 18.5 Å². The lowest BCUT2D eigenvalue weighted by Crippen LogP contribution is -2.13. The predicted octanol–water partition coefficient (Wildman–Crippen LogP) is 1.57. The molecule has 1 unspecified atom stereocenters. The van der Waals surface area contributed by atoms with Crippen molar-refractivity contribution in [2.24, 2.45) is 5.92 Å². The number of nitrogens with one attached hydrogen (secondary N) is 1. The van der Waals surface area contributed by atoms with Crippen LogP contribution in [-0.2, 0) is 9.59 Å². The quantitative estimate of drug-likeness (QED) is 0.699. The molecule has 1 heterocycles. The number of carboxylic acid groups (broad SMARTS) is 1. The number of hydrogen-bond donors (Lipinski definition) is 2. The Labute approximate surface area is 90.4 Å². The third-order valence-corrected chi connectivity index (χ3v) is 2.12. The lowest BCUT2D eigenvalue weighted by atomic mass is 10.0. The number of aliphatic carboxylic acids is 1. The third-order valence-electron chi connectivity index (χ3n) is 2.12. The SMILES string of the molecule is C=C(C)C(=O)O.CCCC1CNC(=O)C1. The molecule has 2 N–H and O–H groups in total. The Balaban J connectivity index is 0.000000288. The van der Waals surface area contributed by atoms with Gasteiger partial charge in [-0.25, -0.2) is 4.79 Å². The van der Waals surface area contributed by atoms with Crippen molar-refractivity contribution in [3.63, 3.8) is 0 Å². The van der Waals surface area contributed by atoms with Crippen LogP contribution >= 0.6 is 0 Å². The van der Waals surface area contributed by atoms with E-state index >= 15 is 0 Å². The van der Waals surface area contributed by atoms with Crippen LogP contribution in [0.5, 0.6) is 0 Å². The summed E-state index contributed by atoms with van der Waals surface area (Å²) in [6.45, 7) is 7.67. The molecule has 1 aliphatic heterocycles. The van der Waals surface area contributed by atoms with Crippen LogP contribution in [0.1, 0.15) is 33.1 Å². The van der Waals surface area contributed by atoms with E-state index < -0.39 is 5.97 Å². The molecule has 1 atom stereocenters. The third kappa shape index (κ3) is 6.71. The highest BCUT2D eigenvalue weighted by Gasteiger charge is 2.19. The maximum Gasteiger partial charge on any atom is 0.330 e. The van der Waals surface area contributed by atoms with Crippen LogP contribution in [0.2, 0.25) is 0 Å². The normalized spacial score (nSPS) is 18.8. The molecule has 4 nitrogen and oxygen atoms in total. The average Bonchev–Trinajstić information content (AvgIpc) is 2.53. The van der Waals surface area contributed by atoms with Crippen molar-refractivity contribution >= 4 is 11.9 Å². The van der Waals surface area contributed by atoms with Gasteiger partial charge in [0.2, 0.25) is 5.91 Å². The zero-order valence-electron chi connectivity index (χ0n) is 9.38. The average molecular weight is 213 g/mol. The van der Waals surface area contributed by atoms with Gasteiger partial charge < -0.3 is 10.4 Å². The molecule has 86 valence electrons. The fraction of sp³-hybridized carbons (Fsp3) is 0.636. The van der Waals surface area contributed by atoms with Crippen molar-refractivity contribution in [1.29, 1.82) is 0 Å². The summed E-state index contributed by atoms with van der Waals surface area (Å²) in [5, 5.41) is 10.7. The van der Waals surface area contributed by atoms with E-state index in [-0.39, 0.29) is 11.5 Å². The first kappa shape index (κ1) is 13.7. The highest BCUT2D eigenvalue weighted by atomic mass is 16.4. The molecule has 0 saturated carbocycles. The molecule has 15 heavy (non-hydrogen) atoms. The monoisotopic (exact) mass is 213 g/mol. The highest BCUT2D eigenvalue weighted by molar-refractivity contribution is 5.84. The summed E-state index contributed by atoms with van der Waals surface area (Å²) in [4.78, 5) is 20.2. The van der Waals surface area contributed by atoms with Crippen LogP contribution < -0.4 is 5.32 Å². The Morgan fingerprint density at radius 1 is 1.67 bits per heavy atom. The number of carbonyl (C=O) groups excluding carboxylic acids is 1. The standard InChI is InChI=1S/C7H13NO.C4H6O2/c1-2-3-6-4-7(9)8-5-6;1-3(2)4(5)6/h6H,2-5H2,1H3,(H,8,9);1H2,2H3,(H,5,6). The number of carboxylic acids is 1. The summed E-state index contributed by atoms with van der Waals surface area (Å²) in [7, 11) is 0. The Hall–Kier alpha value is -1.32. The number of hydrogen-bond acceptors (Lipinski definition) is 2. The van der Waals surface area contributed by atoms with Gasteiger partial charge in [-0.3, -0.25) is 4.79 Å². The summed E-state index contributed by atoms with van der Waals surface area (Å²) in [6, 6.07) is 0. The summed E-state index contributed by atoms with van der Waals surface area (Å²) >= 11 is 0. The first-order chi connectivity index (χ1) is 6.97. The Morgan fingerprint density at radius 3 is 2.47 bits per heavy atom. The van der Waals surface area contributed by atoms with Gasteiger partial charge in [0.25, 0.3) is 0 Å². The molecule has 0 aromatic heterocycles. The van der Waals surface area contributed by atoms with E-state index in [2.05, 4.69) is 18.8 Å². The van der Waals surface area contributed by atoms with Crippen LogP contribution in [0.25, 0.3) is 0 Å². The summed E-state index contributed by atoms with van der Waals surface area (Å²) in [5.41, 5.74) is 0.176. The zero-order valence-corrected chi connectivity index (χ0v) is 9.38. The smallest absolute Gasteiger partial charge is 0.330 e. The fourth-order valence-corrected chi connectivity index (χ4v) is 1.28. The molecule has 0 aromatic rings. The van der Waals surface area contributed by atoms with Crippen molar-refractivity contribution in [3.05, 3.63) is 12.2 Å². The first-order valence-corrected chi connectivity index (χ1v) is 5.12. The van der Waals surface area contributed by atoms with E-state index in [0.29, 0.717) is 5.92 Å². The number of amides is 1. The van der Waals surface area contributed by atoms with Crippen molar-refractivity contribution < 1.29 is 14.7 Å². The Kier molecular flexibility index (Phi) is 6.42. The molecular weight excluding hydrogens is 194 g/mol. The van der Waals surface area contributed by atoms with E-state index in [1.165, 1.54) is 19.8 Å². The van der Waals surface area contributed by atoms with Crippen LogP contribution in [-0.4, -0.2) is 23.5 Å². The Bertz CT molecular complexity index is 236. The topological polar surface area (TPSA) is 66.4 Å². The minimum Gasteiger partial charge on any atom is -0.478 e. The molecule has 0 aromatic carbocycles. The van der Waals surface area contributed by atoms with Gasteiger partial charge in [0.15, 0.2) is 0 Å². The molecule has 1 saturated heterocycles. The van der Waals surface area contributed by atoms with Gasteiger partial charge in [-0.2, -0.15) is 0 Å². The van der Waals surface area contributed by atoms with Gasteiger partial charge in [0.1, 0.15) is 0 Å². The predicted molar refractivity (Wildman–Crippen MR) is 58.5 cm³/mol. The summed E-state index contributed by atoms with van der Waals surface area (Å²) < 4.78 is 0. The van der Waals surface area contributed by atoms with Gasteiger partial charge in [-0.1, -0.05) is 19.9 Å². The van der Waals surface area contributed by atoms with Crippen molar-refractivity contribution in [2.75, 3.05) is 6.54 Å². The molecular formula is C11H19NO3. The second-order valence-electron chi connectivity index (χ2n) is 3.75. The van der Waals surface area contributed by atoms with E-state index in [1.807, 2.05) is 0 Å². The number of rotatable bonds is 3. The molecule has 0 aliphatic carbocycles. The van der Waals surface area contributed by atoms with Crippen molar-refractivity contribution in [2.45, 2.75) is 33.1 Å². The second kappa shape index (κ2) is 7.04. The van der Waals surface area contributed by atoms with Crippen molar-refractivity contribution in [3.8, 4) is 0 Å². The molecule has 1 rings (SSSR count). The fourth-order valence-electron chi connectivity index (χ4n) is 1.28. The maximum absolute atomic E-state index is 10.6. The second-order valence-corrected chi connectivity index (χ2v) is 3.75. The minimum absolute atomic E-state index is 0.176. The molecule has 1 aliphatic rings. The molecule has 0 spiro atoms. The van der Waals surface area contributed by atoms with Crippen molar-refractivity contribution in [1.82, 2.24) is 5.32 Å². The first-order valence-electron chi connectivity index (χ1n) is 5.12. The van der Waals surface area contributed by atoms with Gasteiger partial charge in [-0.15, -0.1) is 0 Å². The summed E-state index contributed by atoms with van der Waals surface area (Å²) in [6.07, 6.45) is 3.15. The lowest BCUT2D eigenvalue weighted by Gasteiger charge is -2.01. The number of carbonyl (C=O) groups is 2. The van der Waals surface area contributed by atoms with Gasteiger partial charge in [0.05, 0.1) is 0 Å². The summed E-state index contributed by atoms with van der Waals surface area (Å²) in [5.74, 6) is -0.0778. The molecule has 1 amide bonds. The van der Waals surface area contributed by atoms with Gasteiger partial charge >= 0.3 is 5.97 Å². The molecule has 0 bridgehead atoms. The van der Waals surface area contributed by atoms with Crippen LogP contribution in [0.15, 0.2) is 12.2 Å². The van der Waals surface area contributed by atoms with E-state index in [4.69, 9.17) is 5.11 Å². The molecule has 0 radical (unpaired) electrons. The molecule has 1 fully saturated rings.